The van der Waals surface area contributed by atoms with Crippen LogP contribution in [-0.4, -0.2) is 60.3 Å². The molecule has 1 spiro atoms. The Hall–Kier alpha value is -1.40. The van der Waals surface area contributed by atoms with Crippen LogP contribution in [0.2, 0.25) is 0 Å². The van der Waals surface area contributed by atoms with E-state index in [2.05, 4.69) is 10.3 Å². The second-order valence-electron chi connectivity index (χ2n) is 6.31. The van der Waals surface area contributed by atoms with Gasteiger partial charge in [-0.3, -0.25) is 4.79 Å². The summed E-state index contributed by atoms with van der Waals surface area (Å²) in [6.07, 6.45) is 5.73. The molecule has 1 N–H and O–H groups in total. The Morgan fingerprint density at radius 1 is 1.52 bits per heavy atom. The van der Waals surface area contributed by atoms with Crippen LogP contribution in [-0.2, 0) is 11.8 Å². The molecule has 6 nitrogen and oxygen atoms in total. The van der Waals surface area contributed by atoms with Gasteiger partial charge in [-0.05, 0) is 31.3 Å². The number of piperidine rings is 1. The number of nitrogens with one attached hydrogen (secondary N) is 1. The fourth-order valence-electron chi connectivity index (χ4n) is 3.82. The lowest BCUT2D eigenvalue weighted by molar-refractivity contribution is 0.0698. The highest BCUT2D eigenvalue weighted by Crippen LogP contribution is 2.43. The van der Waals surface area contributed by atoms with E-state index in [0.717, 1.165) is 45.6 Å². The zero-order valence-electron chi connectivity index (χ0n) is 12.8. The summed E-state index contributed by atoms with van der Waals surface area (Å²) in [5.41, 5.74) is 0.210. The number of methoxy groups -OCH3 is 1. The minimum absolute atomic E-state index is 0.0408. The lowest BCUT2D eigenvalue weighted by Crippen LogP contribution is -2.43. The number of amides is 1. The highest BCUT2D eigenvalue weighted by molar-refractivity contribution is 5.91. The number of nitrogens with zero attached hydrogens (tertiary/aromatic N) is 3. The maximum atomic E-state index is 12.7. The number of likely N-dealkylation sites (tertiary alicyclic amines) is 1. The summed E-state index contributed by atoms with van der Waals surface area (Å²) >= 11 is 0. The zero-order valence-corrected chi connectivity index (χ0v) is 12.8. The van der Waals surface area contributed by atoms with Gasteiger partial charge in [0, 0.05) is 45.6 Å². The lowest BCUT2D eigenvalue weighted by atomic mass is 9.71. The van der Waals surface area contributed by atoms with Crippen LogP contribution in [0.1, 0.15) is 23.5 Å². The third-order valence-electron chi connectivity index (χ3n) is 5.08. The normalized spacial score (nSPS) is 24.7. The number of hydrogen-bond acceptors (Lipinski definition) is 4. The molecule has 3 heterocycles. The van der Waals surface area contributed by atoms with Crippen molar-refractivity contribution in [2.24, 2.45) is 18.4 Å². The van der Waals surface area contributed by atoms with E-state index in [0.29, 0.717) is 11.7 Å². The second kappa shape index (κ2) is 5.77. The van der Waals surface area contributed by atoms with Crippen LogP contribution in [0.5, 0.6) is 0 Å². The van der Waals surface area contributed by atoms with E-state index in [4.69, 9.17) is 4.74 Å². The molecule has 2 saturated heterocycles. The Kier molecular flexibility index (Phi) is 3.99. The summed E-state index contributed by atoms with van der Waals surface area (Å²) < 4.78 is 7.21. The van der Waals surface area contributed by atoms with E-state index in [1.807, 2.05) is 18.1 Å². The van der Waals surface area contributed by atoms with Gasteiger partial charge in [0.2, 0.25) is 0 Å². The molecule has 0 bridgehead atoms. The molecule has 2 aliphatic heterocycles. The Bertz CT molecular complexity index is 508. The highest BCUT2D eigenvalue weighted by Gasteiger charge is 2.48. The molecular formula is C15H24N4O2. The summed E-state index contributed by atoms with van der Waals surface area (Å²) in [5.74, 6) is 0.991. The van der Waals surface area contributed by atoms with Crippen molar-refractivity contribution in [3.8, 4) is 0 Å². The van der Waals surface area contributed by atoms with E-state index in [1.54, 1.807) is 17.9 Å². The maximum absolute atomic E-state index is 12.7. The van der Waals surface area contributed by atoms with E-state index in [1.165, 1.54) is 0 Å². The first-order chi connectivity index (χ1) is 10.2. The average Bonchev–Trinajstić information content (AvgIpc) is 3.05. The van der Waals surface area contributed by atoms with Gasteiger partial charge in [-0.25, -0.2) is 4.98 Å². The molecule has 1 atom stereocenters. The molecule has 1 aromatic heterocycles. The highest BCUT2D eigenvalue weighted by atomic mass is 16.5. The summed E-state index contributed by atoms with van der Waals surface area (Å²) in [5, 5.41) is 3.42. The zero-order chi connectivity index (χ0) is 14.9. The summed E-state index contributed by atoms with van der Waals surface area (Å²) in [7, 11) is 3.61. The topological polar surface area (TPSA) is 59.4 Å². The van der Waals surface area contributed by atoms with Crippen LogP contribution < -0.4 is 5.32 Å². The molecule has 116 valence electrons. The molecule has 3 rings (SSSR count). The SMILES string of the molecule is COCC1CN(C(=O)c2nccn2C)CC12CCNCC2. The first-order valence-electron chi connectivity index (χ1n) is 7.62. The van der Waals surface area contributed by atoms with Gasteiger partial charge in [0.05, 0.1) is 6.61 Å². The molecule has 21 heavy (non-hydrogen) atoms. The van der Waals surface area contributed by atoms with Gasteiger partial charge in [-0.1, -0.05) is 0 Å². The van der Waals surface area contributed by atoms with Crippen LogP contribution in [0.15, 0.2) is 12.4 Å². The van der Waals surface area contributed by atoms with Crippen molar-refractivity contribution in [1.82, 2.24) is 19.8 Å². The molecule has 2 aliphatic rings. The number of hydrogen-bond donors (Lipinski definition) is 1. The molecule has 1 amide bonds. The molecule has 0 radical (unpaired) electrons. The molecule has 1 unspecified atom stereocenters. The van der Waals surface area contributed by atoms with Crippen LogP contribution >= 0.6 is 0 Å². The fourth-order valence-corrected chi connectivity index (χ4v) is 3.82. The van der Waals surface area contributed by atoms with Gasteiger partial charge in [0.1, 0.15) is 0 Å². The molecule has 6 heteroatoms. The Labute approximate surface area is 125 Å². The Morgan fingerprint density at radius 2 is 2.29 bits per heavy atom. The van der Waals surface area contributed by atoms with Gasteiger partial charge in [-0.2, -0.15) is 0 Å². The molecular weight excluding hydrogens is 268 g/mol. The smallest absolute Gasteiger partial charge is 0.289 e. The lowest BCUT2D eigenvalue weighted by Gasteiger charge is -2.38. The molecule has 0 aliphatic carbocycles. The van der Waals surface area contributed by atoms with Crippen molar-refractivity contribution in [2.75, 3.05) is 39.9 Å². The van der Waals surface area contributed by atoms with Crippen molar-refractivity contribution < 1.29 is 9.53 Å². The average molecular weight is 292 g/mol. The molecule has 0 saturated carbocycles. The van der Waals surface area contributed by atoms with Crippen LogP contribution in [0.3, 0.4) is 0 Å². The minimum atomic E-state index is 0.0408. The van der Waals surface area contributed by atoms with Crippen LogP contribution in [0.25, 0.3) is 0 Å². The molecule has 1 aromatic rings. The Morgan fingerprint density at radius 3 is 2.90 bits per heavy atom. The predicted molar refractivity (Wildman–Crippen MR) is 79.0 cm³/mol. The van der Waals surface area contributed by atoms with Crippen molar-refractivity contribution in [2.45, 2.75) is 12.8 Å². The molecule has 2 fully saturated rings. The van der Waals surface area contributed by atoms with Crippen molar-refractivity contribution in [3.63, 3.8) is 0 Å². The van der Waals surface area contributed by atoms with Gasteiger partial charge >= 0.3 is 0 Å². The quantitative estimate of drug-likeness (QED) is 0.882. The van der Waals surface area contributed by atoms with Crippen molar-refractivity contribution in [3.05, 3.63) is 18.2 Å². The third kappa shape index (κ3) is 2.58. The van der Waals surface area contributed by atoms with Crippen molar-refractivity contribution >= 4 is 5.91 Å². The first-order valence-corrected chi connectivity index (χ1v) is 7.62. The summed E-state index contributed by atoms with van der Waals surface area (Å²) in [6.45, 7) is 4.40. The van der Waals surface area contributed by atoms with Gasteiger partial charge in [0.25, 0.3) is 5.91 Å². The van der Waals surface area contributed by atoms with Gasteiger partial charge < -0.3 is 19.5 Å². The number of aromatic nitrogens is 2. The first kappa shape index (κ1) is 14.5. The van der Waals surface area contributed by atoms with E-state index in [-0.39, 0.29) is 11.3 Å². The largest absolute Gasteiger partial charge is 0.384 e. The van der Waals surface area contributed by atoms with E-state index >= 15 is 0 Å². The van der Waals surface area contributed by atoms with E-state index in [9.17, 15) is 4.79 Å². The number of imidazole rings is 1. The number of ether oxygens (including phenoxy) is 1. The summed E-state index contributed by atoms with van der Waals surface area (Å²) in [4.78, 5) is 18.9. The predicted octanol–water partition coefficient (Wildman–Crippen LogP) is 0.508. The van der Waals surface area contributed by atoms with E-state index < -0.39 is 0 Å². The van der Waals surface area contributed by atoms with Crippen LogP contribution in [0, 0.1) is 11.3 Å². The number of carbonyl (C=O) groups excluding carboxylic acids is 1. The molecule has 0 aromatic carbocycles. The third-order valence-corrected chi connectivity index (χ3v) is 5.08. The maximum Gasteiger partial charge on any atom is 0.289 e. The number of aryl methyl sites for hydroxylation is 1. The summed E-state index contributed by atoms with van der Waals surface area (Å²) in [6, 6.07) is 0. The standard InChI is InChI=1S/C15H24N4O2/c1-18-8-7-17-13(18)14(20)19-9-12(10-21-2)15(11-19)3-5-16-6-4-15/h7-8,12,16H,3-6,9-11H2,1-2H3. The van der Waals surface area contributed by atoms with Gasteiger partial charge in [0.15, 0.2) is 5.82 Å². The van der Waals surface area contributed by atoms with Gasteiger partial charge in [-0.15, -0.1) is 0 Å². The minimum Gasteiger partial charge on any atom is -0.384 e. The second-order valence-corrected chi connectivity index (χ2v) is 6.31. The fraction of sp³-hybridized carbons (Fsp3) is 0.733. The van der Waals surface area contributed by atoms with Crippen molar-refractivity contribution in [1.29, 1.82) is 0 Å². The van der Waals surface area contributed by atoms with Crippen LogP contribution in [0.4, 0.5) is 0 Å². The number of rotatable bonds is 3. The Balaban J connectivity index is 1.79. The monoisotopic (exact) mass is 292 g/mol. The number of carbonyl (C=O) groups is 1.